The molecule has 2 aromatic carbocycles. The Labute approximate surface area is 166 Å². The Morgan fingerprint density at radius 2 is 1.86 bits per heavy atom. The predicted molar refractivity (Wildman–Crippen MR) is 109 cm³/mol. The molecule has 5 rings (SSSR count). The Bertz CT molecular complexity index is 884. The fourth-order valence-electron chi connectivity index (χ4n) is 5.83. The van der Waals surface area contributed by atoms with Crippen molar-refractivity contribution in [2.24, 2.45) is 11.8 Å². The maximum Gasteiger partial charge on any atom is 0.166 e. The quantitative estimate of drug-likeness (QED) is 0.715. The van der Waals surface area contributed by atoms with Crippen LogP contribution < -0.4 is 0 Å². The van der Waals surface area contributed by atoms with Gasteiger partial charge in [-0.2, -0.15) is 0 Å². The van der Waals surface area contributed by atoms with Crippen molar-refractivity contribution >= 4 is 5.78 Å². The lowest BCUT2D eigenvalue weighted by molar-refractivity contribution is 0.0870. The average molecular weight is 378 g/mol. The summed E-state index contributed by atoms with van der Waals surface area (Å²) in [6, 6.07) is 13.3. The van der Waals surface area contributed by atoms with E-state index >= 15 is 0 Å². The van der Waals surface area contributed by atoms with Gasteiger partial charge in [-0.05, 0) is 92.3 Å². The molecule has 3 heteroatoms. The van der Waals surface area contributed by atoms with Crippen LogP contribution in [-0.2, 0) is 13.0 Å². The van der Waals surface area contributed by atoms with Gasteiger partial charge in [0.15, 0.2) is 5.78 Å². The number of carbonyl (C=O) groups is 1. The standard InChI is InChI=1S/C25H28FNO/c26-20-7-1-4-18(14-20)16-27-12-10-17(11-13-27)15-23-21-8-2-5-19-6-3-9-22(24(19)21)25(23)28/h1,3-4,6-7,9,14,17,21,23H,2,5,8,10-13,15-16H2. The van der Waals surface area contributed by atoms with Crippen LogP contribution in [-0.4, -0.2) is 23.8 Å². The van der Waals surface area contributed by atoms with E-state index < -0.39 is 0 Å². The fourth-order valence-corrected chi connectivity index (χ4v) is 5.83. The lowest BCUT2D eigenvalue weighted by Gasteiger charge is -2.34. The number of aryl methyl sites for hydroxylation is 1. The predicted octanol–water partition coefficient (Wildman–Crippen LogP) is 5.36. The lowest BCUT2D eigenvalue weighted by atomic mass is 9.76. The molecular weight excluding hydrogens is 349 g/mol. The molecule has 0 N–H and O–H groups in total. The molecule has 0 saturated carbocycles. The summed E-state index contributed by atoms with van der Waals surface area (Å²) in [6.07, 6.45) is 6.88. The van der Waals surface area contributed by atoms with E-state index in [-0.39, 0.29) is 11.7 Å². The van der Waals surface area contributed by atoms with Crippen molar-refractivity contribution in [2.75, 3.05) is 13.1 Å². The van der Waals surface area contributed by atoms with Gasteiger partial charge in [0.2, 0.25) is 0 Å². The van der Waals surface area contributed by atoms with E-state index in [4.69, 9.17) is 0 Å². The molecule has 146 valence electrons. The minimum absolute atomic E-state index is 0.154. The van der Waals surface area contributed by atoms with E-state index in [2.05, 4.69) is 23.1 Å². The molecule has 0 aromatic heterocycles. The van der Waals surface area contributed by atoms with Crippen molar-refractivity contribution in [2.45, 2.75) is 51.0 Å². The zero-order chi connectivity index (χ0) is 19.1. The summed E-state index contributed by atoms with van der Waals surface area (Å²) in [5, 5.41) is 0. The number of nitrogens with zero attached hydrogens (tertiary/aromatic N) is 1. The number of piperidine rings is 1. The zero-order valence-electron chi connectivity index (χ0n) is 16.4. The largest absolute Gasteiger partial charge is 0.299 e. The SMILES string of the molecule is O=C1c2cccc3c2C(CCC3)C1CC1CCN(Cc2cccc(F)c2)CC1. The van der Waals surface area contributed by atoms with E-state index in [1.165, 1.54) is 30.0 Å². The van der Waals surface area contributed by atoms with E-state index in [0.717, 1.165) is 56.4 Å². The van der Waals surface area contributed by atoms with Crippen LogP contribution in [0.2, 0.25) is 0 Å². The van der Waals surface area contributed by atoms with Crippen LogP contribution in [0.5, 0.6) is 0 Å². The molecule has 1 heterocycles. The van der Waals surface area contributed by atoms with E-state index in [0.29, 0.717) is 17.6 Å². The molecule has 0 bridgehead atoms. The second-order valence-corrected chi connectivity index (χ2v) is 8.93. The first-order valence-corrected chi connectivity index (χ1v) is 10.8. The Morgan fingerprint density at radius 3 is 2.68 bits per heavy atom. The van der Waals surface area contributed by atoms with Crippen molar-refractivity contribution in [3.05, 3.63) is 70.5 Å². The first-order valence-electron chi connectivity index (χ1n) is 10.8. The number of hydrogen-bond acceptors (Lipinski definition) is 2. The van der Waals surface area contributed by atoms with Crippen molar-refractivity contribution in [3.63, 3.8) is 0 Å². The number of carbonyl (C=O) groups excluding carboxylic acids is 1. The summed E-state index contributed by atoms with van der Waals surface area (Å²) in [7, 11) is 0. The highest BCUT2D eigenvalue weighted by Crippen LogP contribution is 2.48. The van der Waals surface area contributed by atoms with Gasteiger partial charge in [-0.25, -0.2) is 4.39 Å². The Balaban J connectivity index is 1.22. The van der Waals surface area contributed by atoms with Crippen molar-refractivity contribution in [1.29, 1.82) is 0 Å². The molecule has 0 spiro atoms. The number of ketones is 1. The third kappa shape index (κ3) is 3.30. The third-order valence-corrected chi connectivity index (χ3v) is 7.21. The van der Waals surface area contributed by atoms with Gasteiger partial charge in [0.1, 0.15) is 5.82 Å². The maximum absolute atomic E-state index is 13.4. The number of rotatable bonds is 4. The fraction of sp³-hybridized carbons (Fsp3) is 0.480. The first kappa shape index (κ1) is 18.1. The number of hydrogen-bond donors (Lipinski definition) is 0. The van der Waals surface area contributed by atoms with Crippen LogP contribution in [0.3, 0.4) is 0 Å². The highest BCUT2D eigenvalue weighted by atomic mass is 19.1. The van der Waals surface area contributed by atoms with Crippen LogP contribution in [0.4, 0.5) is 4.39 Å². The van der Waals surface area contributed by atoms with E-state index in [1.807, 2.05) is 6.07 Å². The Hall–Kier alpha value is -2.00. The van der Waals surface area contributed by atoms with Gasteiger partial charge >= 0.3 is 0 Å². The molecule has 2 atom stereocenters. The lowest BCUT2D eigenvalue weighted by Crippen LogP contribution is -2.34. The molecule has 1 aliphatic heterocycles. The van der Waals surface area contributed by atoms with Crippen molar-refractivity contribution in [3.8, 4) is 0 Å². The monoisotopic (exact) mass is 377 g/mol. The van der Waals surface area contributed by atoms with Gasteiger partial charge in [0.05, 0.1) is 0 Å². The molecule has 1 saturated heterocycles. The second-order valence-electron chi connectivity index (χ2n) is 8.93. The van der Waals surface area contributed by atoms with Crippen LogP contribution in [0.25, 0.3) is 0 Å². The molecule has 2 unspecified atom stereocenters. The summed E-state index contributed by atoms with van der Waals surface area (Å²) in [4.78, 5) is 15.5. The van der Waals surface area contributed by atoms with Gasteiger partial charge in [-0.1, -0.05) is 30.3 Å². The van der Waals surface area contributed by atoms with Gasteiger partial charge in [-0.3, -0.25) is 9.69 Å². The minimum atomic E-state index is -0.154. The minimum Gasteiger partial charge on any atom is -0.299 e. The smallest absolute Gasteiger partial charge is 0.166 e. The van der Waals surface area contributed by atoms with Gasteiger partial charge < -0.3 is 0 Å². The number of Topliss-reactive ketones (excluding diaryl/α,β-unsaturated/α-hetero) is 1. The van der Waals surface area contributed by atoms with E-state index in [9.17, 15) is 9.18 Å². The summed E-state index contributed by atoms with van der Waals surface area (Å²) in [6.45, 7) is 2.92. The normalized spacial score (nSPS) is 25.1. The molecule has 1 fully saturated rings. The van der Waals surface area contributed by atoms with Gasteiger partial charge in [0, 0.05) is 18.0 Å². The molecule has 28 heavy (non-hydrogen) atoms. The highest BCUT2D eigenvalue weighted by Gasteiger charge is 2.43. The highest BCUT2D eigenvalue weighted by molar-refractivity contribution is 6.03. The molecule has 2 aliphatic carbocycles. The van der Waals surface area contributed by atoms with Crippen LogP contribution >= 0.6 is 0 Å². The second kappa shape index (κ2) is 7.44. The average Bonchev–Trinajstić information content (AvgIpc) is 2.98. The Morgan fingerprint density at radius 1 is 1.04 bits per heavy atom. The molecule has 2 nitrogen and oxygen atoms in total. The molecule has 0 radical (unpaired) electrons. The molecule has 3 aliphatic rings. The first-order chi connectivity index (χ1) is 13.7. The number of benzene rings is 2. The maximum atomic E-state index is 13.4. The van der Waals surface area contributed by atoms with Crippen LogP contribution in [0.1, 0.15) is 65.1 Å². The van der Waals surface area contributed by atoms with Gasteiger partial charge in [0.25, 0.3) is 0 Å². The molecule has 0 amide bonds. The summed E-state index contributed by atoms with van der Waals surface area (Å²) in [5.41, 5.74) is 4.90. The number of likely N-dealkylation sites (tertiary alicyclic amines) is 1. The summed E-state index contributed by atoms with van der Waals surface area (Å²) >= 11 is 0. The summed E-state index contributed by atoms with van der Waals surface area (Å²) < 4.78 is 13.4. The van der Waals surface area contributed by atoms with Crippen LogP contribution in [0.15, 0.2) is 42.5 Å². The topological polar surface area (TPSA) is 20.3 Å². The zero-order valence-corrected chi connectivity index (χ0v) is 16.4. The number of halogens is 1. The van der Waals surface area contributed by atoms with E-state index in [1.54, 1.807) is 12.1 Å². The molecule has 2 aromatic rings. The summed E-state index contributed by atoms with van der Waals surface area (Å²) in [5.74, 6) is 1.57. The van der Waals surface area contributed by atoms with Gasteiger partial charge in [-0.15, -0.1) is 0 Å². The Kier molecular flexibility index (Phi) is 4.80. The van der Waals surface area contributed by atoms with Crippen molar-refractivity contribution < 1.29 is 9.18 Å². The molecular formula is C25H28FNO. The van der Waals surface area contributed by atoms with Crippen LogP contribution in [0, 0.1) is 17.7 Å². The van der Waals surface area contributed by atoms with Crippen molar-refractivity contribution in [1.82, 2.24) is 4.90 Å². The third-order valence-electron chi connectivity index (χ3n) is 7.21.